The number of carboxylic acids is 1. The quantitative estimate of drug-likeness (QED) is 0.877. The minimum absolute atomic E-state index is 0.0137. The number of rotatable bonds is 4. The van der Waals surface area contributed by atoms with Crippen molar-refractivity contribution in [3.63, 3.8) is 0 Å². The Morgan fingerprint density at radius 2 is 2.25 bits per heavy atom. The summed E-state index contributed by atoms with van der Waals surface area (Å²) in [6.45, 7) is 1.65. The van der Waals surface area contributed by atoms with Crippen LogP contribution in [0.2, 0.25) is 5.22 Å². The van der Waals surface area contributed by atoms with Crippen LogP contribution in [-0.4, -0.2) is 35.5 Å². The van der Waals surface area contributed by atoms with Gasteiger partial charge >= 0.3 is 5.97 Å². The molecule has 1 aromatic rings. The molecule has 0 aliphatic heterocycles. The number of hydrogen-bond acceptors (Lipinski definition) is 3. The van der Waals surface area contributed by atoms with Crippen LogP contribution in [-0.2, 0) is 4.79 Å². The third-order valence-corrected chi connectivity index (χ3v) is 2.46. The molecule has 0 aliphatic rings. The number of carbonyl (C=O) groups is 2. The molecule has 0 aliphatic carbocycles. The lowest BCUT2D eigenvalue weighted by Crippen LogP contribution is -2.33. The lowest BCUT2D eigenvalue weighted by molar-refractivity contribution is -0.141. The van der Waals surface area contributed by atoms with Crippen LogP contribution in [0.15, 0.2) is 16.7 Å². The monoisotopic (exact) mass is 245 g/mol. The van der Waals surface area contributed by atoms with Gasteiger partial charge in [0.2, 0.25) is 5.22 Å². The van der Waals surface area contributed by atoms with Crippen LogP contribution in [0.25, 0.3) is 0 Å². The van der Waals surface area contributed by atoms with Gasteiger partial charge < -0.3 is 14.4 Å². The molecule has 1 N–H and O–H groups in total. The molecule has 5 nitrogen and oxygen atoms in total. The Labute approximate surface area is 97.6 Å². The normalized spacial score (nSPS) is 12.2. The summed E-state index contributed by atoms with van der Waals surface area (Å²) in [5, 5.41) is 8.73. The maximum absolute atomic E-state index is 11.8. The zero-order chi connectivity index (χ0) is 12.3. The molecule has 1 amide bonds. The van der Waals surface area contributed by atoms with Crippen molar-refractivity contribution in [1.82, 2.24) is 4.90 Å². The molecule has 1 heterocycles. The van der Waals surface area contributed by atoms with Crippen molar-refractivity contribution >= 4 is 23.5 Å². The summed E-state index contributed by atoms with van der Waals surface area (Å²) >= 11 is 5.65. The van der Waals surface area contributed by atoms with Gasteiger partial charge in [-0.05, 0) is 17.7 Å². The molecule has 6 heteroatoms. The summed E-state index contributed by atoms with van der Waals surface area (Å²) in [6.07, 6.45) is 1.31. The van der Waals surface area contributed by atoms with E-state index in [9.17, 15) is 9.59 Å². The highest BCUT2D eigenvalue weighted by atomic mass is 35.5. The minimum atomic E-state index is -0.946. The van der Waals surface area contributed by atoms with Gasteiger partial charge in [-0.25, -0.2) is 0 Å². The zero-order valence-corrected chi connectivity index (χ0v) is 9.69. The molecule has 0 radical (unpaired) electrons. The number of carboxylic acid groups (broad SMARTS) is 1. The number of aliphatic carboxylic acids is 1. The van der Waals surface area contributed by atoms with Gasteiger partial charge in [-0.2, -0.15) is 0 Å². The highest BCUT2D eigenvalue weighted by Crippen LogP contribution is 2.18. The summed E-state index contributed by atoms with van der Waals surface area (Å²) in [4.78, 5) is 23.7. The van der Waals surface area contributed by atoms with E-state index in [0.29, 0.717) is 0 Å². The second kappa shape index (κ2) is 5.03. The summed E-state index contributed by atoms with van der Waals surface area (Å²) in [6, 6.07) is 1.45. The van der Waals surface area contributed by atoms with Crippen molar-refractivity contribution in [2.24, 2.45) is 5.92 Å². The second-order valence-electron chi connectivity index (χ2n) is 3.53. The van der Waals surface area contributed by atoms with E-state index < -0.39 is 11.9 Å². The Kier molecular flexibility index (Phi) is 3.95. The van der Waals surface area contributed by atoms with Gasteiger partial charge in [0.05, 0.1) is 17.7 Å². The predicted octanol–water partition coefficient (Wildman–Crippen LogP) is 1.73. The lowest BCUT2D eigenvalue weighted by Gasteiger charge is -2.18. The minimum Gasteiger partial charge on any atom is -0.481 e. The first-order valence-electron chi connectivity index (χ1n) is 4.64. The van der Waals surface area contributed by atoms with Crippen molar-refractivity contribution in [3.05, 3.63) is 23.1 Å². The Bertz CT molecular complexity index is 401. The molecular weight excluding hydrogens is 234 g/mol. The van der Waals surface area contributed by atoms with Gasteiger partial charge in [0, 0.05) is 13.6 Å². The molecule has 0 fully saturated rings. The van der Waals surface area contributed by atoms with Crippen molar-refractivity contribution in [2.45, 2.75) is 6.92 Å². The molecule has 16 heavy (non-hydrogen) atoms. The van der Waals surface area contributed by atoms with Gasteiger partial charge in [-0.15, -0.1) is 0 Å². The molecule has 1 aromatic heterocycles. The van der Waals surface area contributed by atoms with Crippen LogP contribution >= 0.6 is 11.6 Å². The molecule has 0 bridgehead atoms. The highest BCUT2D eigenvalue weighted by molar-refractivity contribution is 6.32. The van der Waals surface area contributed by atoms with E-state index in [2.05, 4.69) is 0 Å². The number of amides is 1. The first-order valence-corrected chi connectivity index (χ1v) is 5.02. The van der Waals surface area contributed by atoms with Crippen LogP contribution in [0.1, 0.15) is 17.3 Å². The van der Waals surface area contributed by atoms with Gasteiger partial charge in [-0.1, -0.05) is 6.92 Å². The fraction of sp³-hybridized carbons (Fsp3) is 0.400. The summed E-state index contributed by atoms with van der Waals surface area (Å²) in [5.74, 6) is -1.93. The second-order valence-corrected chi connectivity index (χ2v) is 3.88. The van der Waals surface area contributed by atoms with Gasteiger partial charge in [0.1, 0.15) is 0 Å². The maximum atomic E-state index is 11.8. The Hall–Kier alpha value is -1.49. The summed E-state index contributed by atoms with van der Waals surface area (Å²) < 4.78 is 4.79. The van der Waals surface area contributed by atoms with Crippen molar-refractivity contribution < 1.29 is 19.1 Å². The van der Waals surface area contributed by atoms with Crippen LogP contribution in [0.5, 0.6) is 0 Å². The third-order valence-electron chi connectivity index (χ3n) is 2.16. The standard InChI is InChI=1S/C10H12ClNO4/c1-6(10(14)15)5-12(2)9(13)7-3-4-16-8(7)11/h3-4,6H,5H2,1-2H3,(H,14,15). The zero-order valence-electron chi connectivity index (χ0n) is 8.94. The molecule has 0 saturated carbocycles. The summed E-state index contributed by atoms with van der Waals surface area (Å²) in [7, 11) is 1.52. The maximum Gasteiger partial charge on any atom is 0.308 e. The fourth-order valence-corrected chi connectivity index (χ4v) is 1.42. The fourth-order valence-electron chi connectivity index (χ4n) is 1.22. The molecule has 88 valence electrons. The van der Waals surface area contributed by atoms with Crippen molar-refractivity contribution in [2.75, 3.05) is 13.6 Å². The van der Waals surface area contributed by atoms with E-state index in [4.69, 9.17) is 21.1 Å². The lowest BCUT2D eigenvalue weighted by atomic mass is 10.1. The van der Waals surface area contributed by atoms with Crippen LogP contribution in [0.3, 0.4) is 0 Å². The highest BCUT2D eigenvalue weighted by Gasteiger charge is 2.21. The first-order chi connectivity index (χ1) is 7.43. The average Bonchev–Trinajstić information content (AvgIpc) is 2.62. The topological polar surface area (TPSA) is 70.8 Å². The number of furan rings is 1. The average molecular weight is 246 g/mol. The van der Waals surface area contributed by atoms with Gasteiger partial charge in [0.25, 0.3) is 5.91 Å². The van der Waals surface area contributed by atoms with Crippen molar-refractivity contribution in [3.8, 4) is 0 Å². The van der Waals surface area contributed by atoms with Gasteiger partial charge in [0.15, 0.2) is 0 Å². The molecule has 1 unspecified atom stereocenters. The van der Waals surface area contributed by atoms with Gasteiger partial charge in [-0.3, -0.25) is 9.59 Å². The third kappa shape index (κ3) is 2.76. The molecule has 0 spiro atoms. The van der Waals surface area contributed by atoms with Crippen molar-refractivity contribution in [1.29, 1.82) is 0 Å². The van der Waals surface area contributed by atoms with E-state index in [1.54, 1.807) is 0 Å². The molecular formula is C10H12ClNO4. The molecule has 1 rings (SSSR count). The number of halogens is 1. The smallest absolute Gasteiger partial charge is 0.308 e. The Balaban J connectivity index is 2.69. The van der Waals surface area contributed by atoms with Crippen LogP contribution < -0.4 is 0 Å². The molecule has 0 aromatic carbocycles. The molecule has 0 saturated heterocycles. The molecule has 1 atom stereocenters. The van der Waals surface area contributed by atoms with E-state index in [1.165, 1.54) is 31.2 Å². The van der Waals surface area contributed by atoms with Crippen LogP contribution in [0.4, 0.5) is 0 Å². The van der Waals surface area contributed by atoms with Crippen LogP contribution in [0, 0.1) is 5.92 Å². The SMILES string of the molecule is CC(CN(C)C(=O)c1ccoc1Cl)C(=O)O. The summed E-state index contributed by atoms with van der Waals surface area (Å²) in [5.41, 5.74) is 0.238. The largest absolute Gasteiger partial charge is 0.481 e. The Morgan fingerprint density at radius 3 is 2.69 bits per heavy atom. The first kappa shape index (κ1) is 12.6. The number of carbonyl (C=O) groups excluding carboxylic acids is 1. The number of hydrogen-bond donors (Lipinski definition) is 1. The van der Waals surface area contributed by atoms with E-state index in [1.807, 2.05) is 0 Å². The Morgan fingerprint density at radius 1 is 1.62 bits per heavy atom. The van der Waals surface area contributed by atoms with E-state index in [0.717, 1.165) is 0 Å². The van der Waals surface area contributed by atoms with E-state index >= 15 is 0 Å². The van der Waals surface area contributed by atoms with E-state index in [-0.39, 0.29) is 23.2 Å². The predicted molar refractivity (Wildman–Crippen MR) is 57.5 cm³/mol. The number of nitrogens with zero attached hydrogens (tertiary/aromatic N) is 1.